The Kier molecular flexibility index (Phi) is 7.42. The number of hydrogen-bond acceptors (Lipinski definition) is 5. The van der Waals surface area contributed by atoms with Gasteiger partial charge >= 0.3 is 0 Å². The van der Waals surface area contributed by atoms with E-state index in [1.807, 2.05) is 6.92 Å². The molecule has 0 saturated carbocycles. The van der Waals surface area contributed by atoms with Crippen molar-refractivity contribution in [3.63, 3.8) is 0 Å². The van der Waals surface area contributed by atoms with Gasteiger partial charge in [0.1, 0.15) is 0 Å². The highest BCUT2D eigenvalue weighted by Gasteiger charge is 2.23. The highest BCUT2D eigenvalue weighted by atomic mass is 35.5. The number of halogens is 1. The molecule has 1 amide bonds. The molecule has 2 aliphatic rings. The van der Waals surface area contributed by atoms with Crippen LogP contribution in [0, 0.1) is 0 Å². The van der Waals surface area contributed by atoms with Gasteiger partial charge in [0.05, 0.1) is 11.0 Å². The largest absolute Gasteiger partial charge is 0.377 e. The molecule has 0 aromatic heterocycles. The normalized spacial score (nSPS) is 23.5. The van der Waals surface area contributed by atoms with E-state index in [4.69, 9.17) is 4.74 Å². The molecule has 3 rings (SSSR count). The van der Waals surface area contributed by atoms with E-state index in [0.717, 1.165) is 19.4 Å². The van der Waals surface area contributed by atoms with Gasteiger partial charge in [0.15, 0.2) is 0 Å². The molecular weight excluding hydrogens is 378 g/mol. The molecule has 2 unspecified atom stereocenters. The predicted molar refractivity (Wildman–Crippen MR) is 101 cm³/mol. The fraction of sp³-hybridized carbons (Fsp3) is 0.588. The van der Waals surface area contributed by atoms with E-state index in [2.05, 4.69) is 10.0 Å². The number of carbonyl (C=O) groups excluding carboxylic acids is 1. The van der Waals surface area contributed by atoms with Crippen LogP contribution in [0.25, 0.3) is 0 Å². The number of nitrogens with one attached hydrogen (secondary N) is 2. The van der Waals surface area contributed by atoms with Gasteiger partial charge in [-0.05, 0) is 44.0 Å². The van der Waals surface area contributed by atoms with Crippen molar-refractivity contribution in [1.82, 2.24) is 14.9 Å². The summed E-state index contributed by atoms with van der Waals surface area (Å²) in [7, 11) is -3.59. The highest BCUT2D eigenvalue weighted by Crippen LogP contribution is 2.15. The van der Waals surface area contributed by atoms with Gasteiger partial charge in [-0.25, -0.2) is 13.1 Å². The van der Waals surface area contributed by atoms with Crippen LogP contribution in [0.15, 0.2) is 29.2 Å². The molecule has 2 aliphatic heterocycles. The van der Waals surface area contributed by atoms with Crippen LogP contribution in [0.1, 0.15) is 30.1 Å². The number of nitrogens with zero attached hydrogens (tertiary/aromatic N) is 1. The lowest BCUT2D eigenvalue weighted by Gasteiger charge is -2.32. The van der Waals surface area contributed by atoms with Crippen LogP contribution >= 0.6 is 12.4 Å². The molecule has 146 valence electrons. The first-order valence-electron chi connectivity index (χ1n) is 8.70. The molecule has 0 spiro atoms. The standard InChI is InChI=1S/C17H25N3O4S.ClH/c1-13-12-20(9-8-18-13)17(21)14-4-6-16(7-5-14)25(22,23)19-11-15-3-2-10-24-15;/h4-7,13,15,18-19H,2-3,8-12H2,1H3;1H. The summed E-state index contributed by atoms with van der Waals surface area (Å²) < 4.78 is 32.7. The maximum absolute atomic E-state index is 12.5. The molecule has 7 nitrogen and oxygen atoms in total. The average Bonchev–Trinajstić information content (AvgIpc) is 3.13. The Hall–Kier alpha value is -1.19. The van der Waals surface area contributed by atoms with E-state index < -0.39 is 10.0 Å². The van der Waals surface area contributed by atoms with Crippen LogP contribution in [-0.4, -0.2) is 64.2 Å². The number of ether oxygens (including phenoxy) is 1. The summed E-state index contributed by atoms with van der Waals surface area (Å²) in [5.41, 5.74) is 0.507. The van der Waals surface area contributed by atoms with Crippen LogP contribution < -0.4 is 10.0 Å². The van der Waals surface area contributed by atoms with Gasteiger partial charge in [0.2, 0.25) is 10.0 Å². The lowest BCUT2D eigenvalue weighted by atomic mass is 10.1. The van der Waals surface area contributed by atoms with E-state index in [1.54, 1.807) is 17.0 Å². The zero-order chi connectivity index (χ0) is 17.9. The highest BCUT2D eigenvalue weighted by molar-refractivity contribution is 7.89. The van der Waals surface area contributed by atoms with E-state index in [0.29, 0.717) is 25.3 Å². The number of benzene rings is 1. The molecule has 2 atom stereocenters. The van der Waals surface area contributed by atoms with Gasteiger partial charge in [-0.15, -0.1) is 12.4 Å². The molecule has 2 N–H and O–H groups in total. The number of amides is 1. The fourth-order valence-electron chi connectivity index (χ4n) is 3.17. The summed E-state index contributed by atoms with van der Waals surface area (Å²) in [6, 6.07) is 6.39. The maximum atomic E-state index is 12.5. The molecular formula is C17H26ClN3O4S. The zero-order valence-electron chi connectivity index (χ0n) is 14.8. The van der Waals surface area contributed by atoms with Crippen molar-refractivity contribution in [1.29, 1.82) is 0 Å². The van der Waals surface area contributed by atoms with Crippen molar-refractivity contribution < 1.29 is 17.9 Å². The van der Waals surface area contributed by atoms with Crippen molar-refractivity contribution in [2.45, 2.75) is 36.8 Å². The molecule has 1 aromatic carbocycles. The molecule has 1 aromatic rings. The van der Waals surface area contributed by atoms with Gasteiger partial charge < -0.3 is 15.0 Å². The van der Waals surface area contributed by atoms with E-state index >= 15 is 0 Å². The first-order chi connectivity index (χ1) is 12.0. The first-order valence-corrected chi connectivity index (χ1v) is 10.2. The minimum Gasteiger partial charge on any atom is -0.377 e. The number of rotatable bonds is 5. The molecule has 2 saturated heterocycles. The molecule has 0 radical (unpaired) electrons. The van der Waals surface area contributed by atoms with E-state index in [1.165, 1.54) is 12.1 Å². The van der Waals surface area contributed by atoms with Crippen LogP contribution in [0.5, 0.6) is 0 Å². The Morgan fingerprint density at radius 3 is 2.69 bits per heavy atom. The summed E-state index contributed by atoms with van der Waals surface area (Å²) >= 11 is 0. The SMILES string of the molecule is CC1CN(C(=O)c2ccc(S(=O)(=O)NCC3CCCO3)cc2)CCN1.Cl. The minimum atomic E-state index is -3.59. The molecule has 0 bridgehead atoms. The molecule has 2 fully saturated rings. The van der Waals surface area contributed by atoms with Crippen LogP contribution in [0.3, 0.4) is 0 Å². The number of hydrogen-bond donors (Lipinski definition) is 2. The summed E-state index contributed by atoms with van der Waals surface area (Å²) in [4.78, 5) is 14.5. The maximum Gasteiger partial charge on any atom is 0.253 e. The van der Waals surface area contributed by atoms with Crippen LogP contribution in [-0.2, 0) is 14.8 Å². The summed E-state index contributed by atoms with van der Waals surface area (Å²) in [6.45, 7) is 5.09. The minimum absolute atomic E-state index is 0. The molecule has 0 aliphatic carbocycles. The third kappa shape index (κ3) is 5.17. The molecule has 2 heterocycles. The second kappa shape index (κ2) is 9.14. The lowest BCUT2D eigenvalue weighted by molar-refractivity contribution is 0.0709. The summed E-state index contributed by atoms with van der Waals surface area (Å²) in [5, 5.41) is 3.29. The molecule has 26 heavy (non-hydrogen) atoms. The third-order valence-corrected chi connectivity index (χ3v) is 6.03. The second-order valence-electron chi connectivity index (χ2n) is 6.62. The second-order valence-corrected chi connectivity index (χ2v) is 8.38. The van der Waals surface area contributed by atoms with Crippen molar-refractivity contribution in [2.24, 2.45) is 0 Å². The zero-order valence-corrected chi connectivity index (χ0v) is 16.4. The topological polar surface area (TPSA) is 87.7 Å². The fourth-order valence-corrected chi connectivity index (χ4v) is 4.23. The summed E-state index contributed by atoms with van der Waals surface area (Å²) in [5.74, 6) is -0.0652. The average molecular weight is 404 g/mol. The van der Waals surface area contributed by atoms with Crippen molar-refractivity contribution in [2.75, 3.05) is 32.8 Å². The number of piperazine rings is 1. The Morgan fingerprint density at radius 1 is 1.35 bits per heavy atom. The predicted octanol–water partition coefficient (Wildman–Crippen LogP) is 1.000. The van der Waals surface area contributed by atoms with Crippen molar-refractivity contribution >= 4 is 28.3 Å². The first kappa shape index (κ1) is 21.1. The van der Waals surface area contributed by atoms with Gasteiger partial charge in [-0.2, -0.15) is 0 Å². The van der Waals surface area contributed by atoms with Gasteiger partial charge in [-0.1, -0.05) is 0 Å². The van der Waals surface area contributed by atoms with Crippen LogP contribution in [0.2, 0.25) is 0 Å². The lowest BCUT2D eigenvalue weighted by Crippen LogP contribution is -2.51. The van der Waals surface area contributed by atoms with Crippen molar-refractivity contribution in [3.8, 4) is 0 Å². The Balaban J connectivity index is 0.00000243. The Morgan fingerprint density at radius 2 is 2.08 bits per heavy atom. The quantitative estimate of drug-likeness (QED) is 0.765. The Bertz CT molecular complexity index is 705. The molecule has 9 heteroatoms. The third-order valence-electron chi connectivity index (χ3n) is 4.59. The van der Waals surface area contributed by atoms with Gasteiger partial charge in [0, 0.05) is 44.4 Å². The van der Waals surface area contributed by atoms with E-state index in [-0.39, 0.29) is 41.9 Å². The monoisotopic (exact) mass is 403 g/mol. The summed E-state index contributed by atoms with van der Waals surface area (Å²) in [6.07, 6.45) is 1.79. The number of sulfonamides is 1. The van der Waals surface area contributed by atoms with E-state index in [9.17, 15) is 13.2 Å². The van der Waals surface area contributed by atoms with Gasteiger partial charge in [-0.3, -0.25) is 4.79 Å². The van der Waals surface area contributed by atoms with Crippen LogP contribution in [0.4, 0.5) is 0 Å². The number of carbonyl (C=O) groups is 1. The van der Waals surface area contributed by atoms with Crippen molar-refractivity contribution in [3.05, 3.63) is 29.8 Å². The Labute approximate surface area is 160 Å². The smallest absolute Gasteiger partial charge is 0.253 e. The van der Waals surface area contributed by atoms with Gasteiger partial charge in [0.25, 0.3) is 5.91 Å².